The predicted molar refractivity (Wildman–Crippen MR) is 79.4 cm³/mol. The molecule has 3 heteroatoms. The van der Waals surface area contributed by atoms with Gasteiger partial charge in [0.25, 0.3) is 0 Å². The minimum Gasteiger partial charge on any atom is -0.479 e. The molecule has 1 aliphatic carbocycles. The third-order valence-corrected chi connectivity index (χ3v) is 4.01. The smallest absolute Gasteiger partial charge is 0.332 e. The van der Waals surface area contributed by atoms with Crippen LogP contribution < -0.4 is 0 Å². The summed E-state index contributed by atoms with van der Waals surface area (Å²) in [6, 6.07) is 7.85. The van der Waals surface area contributed by atoms with Crippen LogP contribution in [0.3, 0.4) is 0 Å². The van der Waals surface area contributed by atoms with Crippen molar-refractivity contribution < 1.29 is 15.0 Å². The van der Waals surface area contributed by atoms with Gasteiger partial charge < -0.3 is 10.2 Å². The molecule has 2 N–H and O–H groups in total. The Morgan fingerprint density at radius 2 is 1.95 bits per heavy atom. The zero-order valence-corrected chi connectivity index (χ0v) is 12.1. The van der Waals surface area contributed by atoms with E-state index in [9.17, 15) is 9.90 Å². The maximum atomic E-state index is 10.6. The highest BCUT2D eigenvalue weighted by molar-refractivity contribution is 5.72. The van der Waals surface area contributed by atoms with Gasteiger partial charge in [-0.3, -0.25) is 0 Å². The lowest BCUT2D eigenvalue weighted by atomic mass is 9.77. The van der Waals surface area contributed by atoms with Crippen molar-refractivity contribution in [2.75, 3.05) is 0 Å². The van der Waals surface area contributed by atoms with E-state index in [1.54, 1.807) is 0 Å². The van der Waals surface area contributed by atoms with Crippen LogP contribution in [0.15, 0.2) is 30.3 Å². The fourth-order valence-electron chi connectivity index (χ4n) is 2.50. The Morgan fingerprint density at radius 1 is 1.30 bits per heavy atom. The molecule has 0 saturated carbocycles. The number of carbonyl (C=O) groups is 1. The number of rotatable bonds is 4. The van der Waals surface area contributed by atoms with Gasteiger partial charge in [-0.25, -0.2) is 4.79 Å². The van der Waals surface area contributed by atoms with Gasteiger partial charge in [-0.15, -0.1) is 0 Å². The highest BCUT2D eigenvalue weighted by atomic mass is 16.4. The summed E-state index contributed by atoms with van der Waals surface area (Å²) in [6.07, 6.45) is 4.52. The maximum absolute atomic E-state index is 10.6. The number of aliphatic carboxylic acids is 1. The SMILES string of the molecule is CC1(C)CC=C(c2ccc(C[C@@H](O)C(=O)O)cc2)CC1. The first kappa shape index (κ1) is 14.8. The topological polar surface area (TPSA) is 57.5 Å². The number of carboxylic acid groups (broad SMARTS) is 1. The molecule has 0 fully saturated rings. The summed E-state index contributed by atoms with van der Waals surface area (Å²) in [6.45, 7) is 4.58. The van der Waals surface area contributed by atoms with E-state index in [1.165, 1.54) is 17.6 Å². The van der Waals surface area contributed by atoms with Gasteiger partial charge in [0.1, 0.15) is 0 Å². The molecule has 0 spiro atoms. The van der Waals surface area contributed by atoms with Crippen LogP contribution in [-0.2, 0) is 11.2 Å². The minimum absolute atomic E-state index is 0.154. The van der Waals surface area contributed by atoms with Gasteiger partial charge in [0, 0.05) is 6.42 Å². The van der Waals surface area contributed by atoms with Crippen LogP contribution in [0.25, 0.3) is 5.57 Å². The molecule has 20 heavy (non-hydrogen) atoms. The average molecular weight is 274 g/mol. The molecule has 0 heterocycles. The zero-order valence-electron chi connectivity index (χ0n) is 12.1. The molecular formula is C17H22O3. The molecule has 1 aliphatic rings. The normalized spacial score (nSPS) is 19.2. The van der Waals surface area contributed by atoms with Gasteiger partial charge in [0.05, 0.1) is 0 Å². The number of allylic oxidation sites excluding steroid dienone is 2. The third-order valence-electron chi connectivity index (χ3n) is 4.01. The summed E-state index contributed by atoms with van der Waals surface area (Å²) in [5.41, 5.74) is 3.82. The van der Waals surface area contributed by atoms with Crippen molar-refractivity contribution in [3.63, 3.8) is 0 Å². The molecule has 1 aromatic rings. The second kappa shape index (κ2) is 5.80. The standard InChI is InChI=1S/C17H22O3/c1-17(2)9-7-14(8-10-17)13-5-3-12(4-6-13)11-15(18)16(19)20/h3-7,15,18H,8-11H2,1-2H3,(H,19,20)/t15-/m1/s1. The second-order valence-corrected chi connectivity index (χ2v) is 6.35. The number of hydrogen-bond donors (Lipinski definition) is 2. The number of carboxylic acids is 1. The van der Waals surface area contributed by atoms with Crippen LogP contribution in [0.5, 0.6) is 0 Å². The van der Waals surface area contributed by atoms with Gasteiger partial charge in [-0.1, -0.05) is 44.2 Å². The Labute approximate surface area is 120 Å². The van der Waals surface area contributed by atoms with Crippen LogP contribution in [0, 0.1) is 5.41 Å². The van der Waals surface area contributed by atoms with Crippen molar-refractivity contribution in [3.05, 3.63) is 41.5 Å². The largest absolute Gasteiger partial charge is 0.479 e. The second-order valence-electron chi connectivity index (χ2n) is 6.35. The molecule has 0 radical (unpaired) electrons. The van der Waals surface area contributed by atoms with E-state index in [0.717, 1.165) is 18.4 Å². The number of hydrogen-bond acceptors (Lipinski definition) is 2. The summed E-state index contributed by atoms with van der Waals surface area (Å²) in [7, 11) is 0. The zero-order chi connectivity index (χ0) is 14.8. The summed E-state index contributed by atoms with van der Waals surface area (Å²) < 4.78 is 0. The van der Waals surface area contributed by atoms with Crippen LogP contribution >= 0.6 is 0 Å². The molecular weight excluding hydrogens is 252 g/mol. The molecule has 3 nitrogen and oxygen atoms in total. The van der Waals surface area contributed by atoms with E-state index >= 15 is 0 Å². The number of benzene rings is 1. The van der Waals surface area contributed by atoms with E-state index in [0.29, 0.717) is 5.41 Å². The Hall–Kier alpha value is -1.61. The molecule has 0 aromatic heterocycles. The Kier molecular flexibility index (Phi) is 4.29. The minimum atomic E-state index is -1.32. The molecule has 0 saturated heterocycles. The fourth-order valence-corrected chi connectivity index (χ4v) is 2.50. The molecule has 0 bridgehead atoms. The lowest BCUT2D eigenvalue weighted by Crippen LogP contribution is -2.21. The van der Waals surface area contributed by atoms with Crippen molar-refractivity contribution in [1.82, 2.24) is 0 Å². The molecule has 0 aliphatic heterocycles. The third kappa shape index (κ3) is 3.70. The van der Waals surface area contributed by atoms with Crippen molar-refractivity contribution in [2.45, 2.75) is 45.6 Å². The highest BCUT2D eigenvalue weighted by Gasteiger charge is 2.21. The first-order valence-corrected chi connectivity index (χ1v) is 7.07. The molecule has 108 valence electrons. The van der Waals surface area contributed by atoms with Gasteiger partial charge in [0.2, 0.25) is 0 Å². The highest BCUT2D eigenvalue weighted by Crippen LogP contribution is 2.37. The average Bonchev–Trinajstić information content (AvgIpc) is 2.39. The Morgan fingerprint density at radius 3 is 2.45 bits per heavy atom. The number of aliphatic hydroxyl groups excluding tert-OH is 1. The predicted octanol–water partition coefficient (Wildman–Crippen LogP) is 3.27. The van der Waals surface area contributed by atoms with Crippen molar-refractivity contribution >= 4 is 11.5 Å². The quantitative estimate of drug-likeness (QED) is 0.886. The van der Waals surface area contributed by atoms with Gasteiger partial charge in [-0.2, -0.15) is 0 Å². The summed E-state index contributed by atoms with van der Waals surface area (Å²) in [4.78, 5) is 10.6. The van der Waals surface area contributed by atoms with Gasteiger partial charge in [-0.05, 0) is 41.4 Å². The van der Waals surface area contributed by atoms with E-state index < -0.39 is 12.1 Å². The monoisotopic (exact) mass is 274 g/mol. The van der Waals surface area contributed by atoms with Crippen LogP contribution in [0.2, 0.25) is 0 Å². The lowest BCUT2D eigenvalue weighted by Gasteiger charge is -2.28. The van der Waals surface area contributed by atoms with E-state index in [1.807, 2.05) is 24.3 Å². The Bertz CT molecular complexity index is 512. The van der Waals surface area contributed by atoms with E-state index in [4.69, 9.17) is 5.11 Å². The molecule has 2 rings (SSSR count). The van der Waals surface area contributed by atoms with Crippen LogP contribution in [-0.4, -0.2) is 22.3 Å². The summed E-state index contributed by atoms with van der Waals surface area (Å²) >= 11 is 0. The van der Waals surface area contributed by atoms with Gasteiger partial charge >= 0.3 is 5.97 Å². The first-order chi connectivity index (χ1) is 9.37. The maximum Gasteiger partial charge on any atom is 0.332 e. The summed E-state index contributed by atoms with van der Waals surface area (Å²) in [5.74, 6) is -1.17. The lowest BCUT2D eigenvalue weighted by molar-refractivity contribution is -0.146. The molecule has 1 atom stereocenters. The Balaban J connectivity index is 2.05. The van der Waals surface area contributed by atoms with Crippen LogP contribution in [0.1, 0.15) is 44.2 Å². The van der Waals surface area contributed by atoms with Crippen LogP contribution in [0.4, 0.5) is 0 Å². The fraction of sp³-hybridized carbons (Fsp3) is 0.471. The van der Waals surface area contributed by atoms with Gasteiger partial charge in [0.15, 0.2) is 6.10 Å². The molecule has 0 unspecified atom stereocenters. The van der Waals surface area contributed by atoms with E-state index in [2.05, 4.69) is 19.9 Å². The van der Waals surface area contributed by atoms with Crippen molar-refractivity contribution in [1.29, 1.82) is 0 Å². The summed E-state index contributed by atoms with van der Waals surface area (Å²) in [5, 5.41) is 18.0. The molecule has 0 amide bonds. The number of aliphatic hydroxyl groups is 1. The van der Waals surface area contributed by atoms with Crippen molar-refractivity contribution in [2.24, 2.45) is 5.41 Å². The first-order valence-electron chi connectivity index (χ1n) is 7.07. The van der Waals surface area contributed by atoms with Crippen molar-refractivity contribution in [3.8, 4) is 0 Å². The van der Waals surface area contributed by atoms with E-state index in [-0.39, 0.29) is 6.42 Å². The molecule has 1 aromatic carbocycles.